The highest BCUT2D eigenvalue weighted by Gasteiger charge is 2.25. The van der Waals surface area contributed by atoms with E-state index in [1.165, 1.54) is 6.07 Å². The van der Waals surface area contributed by atoms with E-state index in [1.807, 2.05) is 0 Å². The second-order valence-electron chi connectivity index (χ2n) is 4.57. The minimum Gasteiger partial charge on any atom is -0.478 e. The maximum Gasteiger partial charge on any atom is 0.340 e. The van der Waals surface area contributed by atoms with Crippen LogP contribution in [0, 0.1) is 5.82 Å². The van der Waals surface area contributed by atoms with Crippen LogP contribution in [0.3, 0.4) is 0 Å². The van der Waals surface area contributed by atoms with Crippen molar-refractivity contribution < 1.29 is 14.3 Å². The van der Waals surface area contributed by atoms with Crippen LogP contribution in [0.25, 0.3) is 11.0 Å². The number of fused-ring (bicyclic) bond motifs is 1. The molecule has 1 aliphatic rings. The van der Waals surface area contributed by atoms with Crippen molar-refractivity contribution in [1.82, 2.24) is 15.0 Å². The molecular formula is C12H12FN3O2. The number of halogens is 1. The van der Waals surface area contributed by atoms with Gasteiger partial charge in [-0.1, -0.05) is 18.1 Å². The van der Waals surface area contributed by atoms with E-state index in [0.29, 0.717) is 11.0 Å². The molecule has 5 nitrogen and oxygen atoms in total. The second-order valence-corrected chi connectivity index (χ2v) is 4.57. The van der Waals surface area contributed by atoms with Crippen LogP contribution in [0.4, 0.5) is 4.39 Å². The topological polar surface area (TPSA) is 68.0 Å². The zero-order chi connectivity index (χ0) is 12.7. The van der Waals surface area contributed by atoms with Crippen molar-refractivity contribution in [2.75, 3.05) is 0 Å². The van der Waals surface area contributed by atoms with E-state index in [1.54, 1.807) is 4.68 Å². The van der Waals surface area contributed by atoms with Crippen LogP contribution < -0.4 is 0 Å². The Morgan fingerprint density at radius 2 is 2.11 bits per heavy atom. The Morgan fingerprint density at radius 1 is 1.39 bits per heavy atom. The van der Waals surface area contributed by atoms with E-state index in [-0.39, 0.29) is 11.6 Å². The van der Waals surface area contributed by atoms with Crippen LogP contribution in [0.15, 0.2) is 12.1 Å². The average molecular weight is 249 g/mol. The van der Waals surface area contributed by atoms with Crippen molar-refractivity contribution >= 4 is 17.0 Å². The quantitative estimate of drug-likeness (QED) is 0.887. The molecule has 6 heteroatoms. The first-order valence-electron chi connectivity index (χ1n) is 5.95. The molecule has 0 atom stereocenters. The van der Waals surface area contributed by atoms with Crippen LogP contribution in [0.1, 0.15) is 42.1 Å². The van der Waals surface area contributed by atoms with Crippen molar-refractivity contribution in [2.24, 2.45) is 0 Å². The van der Waals surface area contributed by atoms with Gasteiger partial charge in [0.15, 0.2) is 0 Å². The second kappa shape index (κ2) is 4.04. The van der Waals surface area contributed by atoms with Gasteiger partial charge in [-0.2, -0.15) is 0 Å². The molecule has 1 saturated carbocycles. The van der Waals surface area contributed by atoms with Crippen molar-refractivity contribution in [1.29, 1.82) is 0 Å². The van der Waals surface area contributed by atoms with Gasteiger partial charge in [0.1, 0.15) is 22.4 Å². The van der Waals surface area contributed by atoms with E-state index >= 15 is 0 Å². The lowest BCUT2D eigenvalue weighted by atomic mass is 10.1. The van der Waals surface area contributed by atoms with E-state index < -0.39 is 11.8 Å². The SMILES string of the molecule is O=C(O)c1c(F)ccc2nnn(C3CCCC3)c12. The number of benzene rings is 1. The smallest absolute Gasteiger partial charge is 0.340 e. The molecule has 1 fully saturated rings. The summed E-state index contributed by atoms with van der Waals surface area (Å²) in [7, 11) is 0. The van der Waals surface area contributed by atoms with Crippen LogP contribution in [0.5, 0.6) is 0 Å². The van der Waals surface area contributed by atoms with Gasteiger partial charge in [-0.15, -0.1) is 5.10 Å². The van der Waals surface area contributed by atoms with Gasteiger partial charge >= 0.3 is 5.97 Å². The first-order chi connectivity index (χ1) is 8.68. The fourth-order valence-electron chi connectivity index (χ4n) is 2.62. The van der Waals surface area contributed by atoms with Crippen molar-refractivity contribution in [3.63, 3.8) is 0 Å². The molecule has 1 heterocycles. The number of rotatable bonds is 2. The minimum atomic E-state index is -1.28. The van der Waals surface area contributed by atoms with Gasteiger partial charge in [-0.25, -0.2) is 13.9 Å². The van der Waals surface area contributed by atoms with Crippen LogP contribution in [-0.4, -0.2) is 26.1 Å². The Labute approximate surface area is 102 Å². The number of hydrogen-bond acceptors (Lipinski definition) is 3. The summed E-state index contributed by atoms with van der Waals surface area (Å²) >= 11 is 0. The molecule has 0 amide bonds. The maximum atomic E-state index is 13.7. The third-order valence-electron chi connectivity index (χ3n) is 3.47. The lowest BCUT2D eigenvalue weighted by molar-refractivity contribution is 0.0693. The first kappa shape index (κ1) is 11.1. The number of aromatic nitrogens is 3. The van der Waals surface area contributed by atoms with Crippen molar-refractivity contribution in [3.8, 4) is 0 Å². The molecule has 94 valence electrons. The summed E-state index contributed by atoms with van der Waals surface area (Å²) in [6, 6.07) is 2.73. The molecule has 0 unspecified atom stereocenters. The standard InChI is InChI=1S/C12H12FN3O2/c13-8-5-6-9-11(10(8)12(17)18)16(15-14-9)7-3-1-2-4-7/h5-7H,1-4H2,(H,17,18). The highest BCUT2D eigenvalue weighted by molar-refractivity contribution is 6.01. The normalized spacial score (nSPS) is 16.5. The van der Waals surface area contributed by atoms with Gasteiger partial charge in [-0.05, 0) is 25.0 Å². The highest BCUT2D eigenvalue weighted by Crippen LogP contribution is 2.32. The van der Waals surface area contributed by atoms with Crippen LogP contribution >= 0.6 is 0 Å². The van der Waals surface area contributed by atoms with Crippen molar-refractivity contribution in [2.45, 2.75) is 31.7 Å². The summed E-state index contributed by atoms with van der Waals surface area (Å²) in [5.41, 5.74) is 0.402. The molecule has 0 aliphatic heterocycles. The Kier molecular flexibility index (Phi) is 2.50. The van der Waals surface area contributed by atoms with Crippen LogP contribution in [0.2, 0.25) is 0 Å². The van der Waals surface area contributed by atoms with Gasteiger partial charge in [0.25, 0.3) is 0 Å². The zero-order valence-electron chi connectivity index (χ0n) is 9.64. The Bertz CT molecular complexity index is 617. The largest absolute Gasteiger partial charge is 0.478 e. The van der Waals surface area contributed by atoms with Gasteiger partial charge in [0, 0.05) is 0 Å². The summed E-state index contributed by atoms with van der Waals surface area (Å²) in [5.74, 6) is -2.02. The number of carboxylic acids is 1. The molecule has 18 heavy (non-hydrogen) atoms. The fourth-order valence-corrected chi connectivity index (χ4v) is 2.62. The third kappa shape index (κ3) is 1.56. The Morgan fingerprint density at radius 3 is 2.78 bits per heavy atom. The molecule has 0 bridgehead atoms. The summed E-state index contributed by atoms with van der Waals surface area (Å²) in [5, 5.41) is 17.1. The minimum absolute atomic E-state index is 0.134. The lowest BCUT2D eigenvalue weighted by Gasteiger charge is -2.11. The third-order valence-corrected chi connectivity index (χ3v) is 3.47. The maximum absolute atomic E-state index is 13.7. The molecule has 1 aromatic carbocycles. The number of carbonyl (C=O) groups is 1. The molecule has 3 rings (SSSR count). The summed E-state index contributed by atoms with van der Waals surface area (Å²) in [4.78, 5) is 11.2. The fraction of sp³-hybridized carbons (Fsp3) is 0.417. The number of hydrogen-bond donors (Lipinski definition) is 1. The molecule has 2 aromatic rings. The molecule has 0 saturated heterocycles. The molecule has 1 aromatic heterocycles. The van der Waals surface area contributed by atoms with E-state index in [9.17, 15) is 9.18 Å². The van der Waals surface area contributed by atoms with Gasteiger partial charge < -0.3 is 5.11 Å². The Hall–Kier alpha value is -1.98. The molecule has 0 spiro atoms. The number of carboxylic acid groups (broad SMARTS) is 1. The zero-order valence-corrected chi connectivity index (χ0v) is 9.64. The van der Waals surface area contributed by atoms with E-state index in [2.05, 4.69) is 10.3 Å². The Balaban J connectivity index is 2.26. The summed E-state index contributed by atoms with van der Waals surface area (Å²) in [6.07, 6.45) is 4.05. The first-order valence-corrected chi connectivity index (χ1v) is 5.95. The lowest BCUT2D eigenvalue weighted by Crippen LogP contribution is -2.11. The van der Waals surface area contributed by atoms with Gasteiger partial charge in [0.2, 0.25) is 0 Å². The molecule has 1 aliphatic carbocycles. The molecular weight excluding hydrogens is 237 g/mol. The average Bonchev–Trinajstić information content (AvgIpc) is 2.95. The van der Waals surface area contributed by atoms with Crippen LogP contribution in [-0.2, 0) is 0 Å². The van der Waals surface area contributed by atoms with Gasteiger partial charge in [-0.3, -0.25) is 0 Å². The molecule has 0 radical (unpaired) electrons. The predicted molar refractivity (Wildman–Crippen MR) is 62.0 cm³/mol. The van der Waals surface area contributed by atoms with Gasteiger partial charge in [0.05, 0.1) is 6.04 Å². The number of nitrogens with zero attached hydrogens (tertiary/aromatic N) is 3. The summed E-state index contributed by atoms with van der Waals surface area (Å²) in [6.45, 7) is 0. The van der Waals surface area contributed by atoms with E-state index in [4.69, 9.17) is 5.11 Å². The highest BCUT2D eigenvalue weighted by atomic mass is 19.1. The predicted octanol–water partition coefficient (Wildman–Crippen LogP) is 2.38. The van der Waals surface area contributed by atoms with Crippen molar-refractivity contribution in [3.05, 3.63) is 23.5 Å². The number of aromatic carboxylic acids is 1. The summed E-state index contributed by atoms with van der Waals surface area (Å²) < 4.78 is 15.2. The van der Waals surface area contributed by atoms with E-state index in [0.717, 1.165) is 31.7 Å². The monoisotopic (exact) mass is 249 g/mol. The molecule has 1 N–H and O–H groups in total.